The Labute approximate surface area is 87.5 Å². The van der Waals surface area contributed by atoms with Gasteiger partial charge in [0.2, 0.25) is 5.91 Å². The SMILES string of the molecule is O=C(Cn1cccn1)Nc1ccccc1. The number of hydrogen-bond donors (Lipinski definition) is 1. The highest BCUT2D eigenvalue weighted by atomic mass is 16.2. The molecule has 1 N–H and O–H groups in total. The monoisotopic (exact) mass is 201 g/mol. The van der Waals surface area contributed by atoms with E-state index < -0.39 is 0 Å². The fourth-order valence-electron chi connectivity index (χ4n) is 1.26. The zero-order valence-corrected chi connectivity index (χ0v) is 8.13. The van der Waals surface area contributed by atoms with E-state index in [1.807, 2.05) is 30.3 Å². The van der Waals surface area contributed by atoms with E-state index in [0.29, 0.717) is 0 Å². The Hall–Kier alpha value is -2.10. The van der Waals surface area contributed by atoms with Gasteiger partial charge in [0.15, 0.2) is 0 Å². The van der Waals surface area contributed by atoms with E-state index >= 15 is 0 Å². The molecule has 15 heavy (non-hydrogen) atoms. The zero-order chi connectivity index (χ0) is 10.5. The Morgan fingerprint density at radius 2 is 2.07 bits per heavy atom. The molecular formula is C11H11N3O. The van der Waals surface area contributed by atoms with Crippen molar-refractivity contribution in [3.05, 3.63) is 48.8 Å². The van der Waals surface area contributed by atoms with Gasteiger partial charge in [-0.1, -0.05) is 18.2 Å². The standard InChI is InChI=1S/C11H11N3O/c15-11(9-14-8-4-7-12-14)13-10-5-2-1-3-6-10/h1-8H,9H2,(H,13,15). The van der Waals surface area contributed by atoms with Crippen molar-refractivity contribution in [1.82, 2.24) is 9.78 Å². The van der Waals surface area contributed by atoms with Gasteiger partial charge in [-0.3, -0.25) is 9.48 Å². The van der Waals surface area contributed by atoms with Crippen molar-refractivity contribution < 1.29 is 4.79 Å². The maximum atomic E-state index is 11.5. The lowest BCUT2D eigenvalue weighted by Gasteiger charge is -2.04. The molecule has 0 radical (unpaired) electrons. The summed E-state index contributed by atoms with van der Waals surface area (Å²) in [6.07, 6.45) is 3.40. The molecule has 1 aromatic heterocycles. The van der Waals surface area contributed by atoms with Crippen LogP contribution in [0.25, 0.3) is 0 Å². The van der Waals surface area contributed by atoms with E-state index in [1.165, 1.54) is 0 Å². The third-order valence-electron chi connectivity index (χ3n) is 1.92. The smallest absolute Gasteiger partial charge is 0.246 e. The number of rotatable bonds is 3. The Kier molecular flexibility index (Phi) is 2.78. The number of carbonyl (C=O) groups excluding carboxylic acids is 1. The van der Waals surface area contributed by atoms with Gasteiger partial charge in [0.05, 0.1) is 0 Å². The Bertz CT molecular complexity index is 422. The first-order valence-corrected chi connectivity index (χ1v) is 4.67. The molecule has 76 valence electrons. The molecule has 1 amide bonds. The van der Waals surface area contributed by atoms with Gasteiger partial charge in [0, 0.05) is 18.1 Å². The van der Waals surface area contributed by atoms with E-state index in [2.05, 4.69) is 10.4 Å². The highest BCUT2D eigenvalue weighted by molar-refractivity contribution is 5.90. The van der Waals surface area contributed by atoms with Crippen LogP contribution in [0, 0.1) is 0 Å². The Morgan fingerprint density at radius 3 is 2.73 bits per heavy atom. The predicted molar refractivity (Wildman–Crippen MR) is 57.3 cm³/mol. The molecule has 4 heteroatoms. The summed E-state index contributed by atoms with van der Waals surface area (Å²) >= 11 is 0. The number of para-hydroxylation sites is 1. The number of amides is 1. The third-order valence-corrected chi connectivity index (χ3v) is 1.92. The van der Waals surface area contributed by atoms with Crippen LogP contribution < -0.4 is 5.32 Å². The highest BCUT2D eigenvalue weighted by Gasteiger charge is 2.02. The second kappa shape index (κ2) is 4.41. The minimum absolute atomic E-state index is 0.0788. The van der Waals surface area contributed by atoms with Gasteiger partial charge in [-0.05, 0) is 18.2 Å². The Balaban J connectivity index is 1.94. The number of carbonyl (C=O) groups is 1. The molecule has 0 unspecified atom stereocenters. The summed E-state index contributed by atoms with van der Waals surface area (Å²) in [6, 6.07) is 11.1. The lowest BCUT2D eigenvalue weighted by atomic mass is 10.3. The molecule has 0 saturated carbocycles. The first-order chi connectivity index (χ1) is 7.34. The van der Waals surface area contributed by atoms with Crippen molar-refractivity contribution >= 4 is 11.6 Å². The summed E-state index contributed by atoms with van der Waals surface area (Å²) < 4.78 is 1.58. The summed E-state index contributed by atoms with van der Waals surface area (Å²) in [6.45, 7) is 0.238. The van der Waals surface area contributed by atoms with Gasteiger partial charge in [0.1, 0.15) is 6.54 Å². The quantitative estimate of drug-likeness (QED) is 0.818. The second-order valence-corrected chi connectivity index (χ2v) is 3.12. The summed E-state index contributed by atoms with van der Waals surface area (Å²) in [5, 5.41) is 6.73. The molecule has 0 aliphatic rings. The number of benzene rings is 1. The van der Waals surface area contributed by atoms with Crippen LogP contribution in [-0.2, 0) is 11.3 Å². The van der Waals surface area contributed by atoms with Crippen LogP contribution in [0.5, 0.6) is 0 Å². The van der Waals surface area contributed by atoms with Crippen LogP contribution in [0.3, 0.4) is 0 Å². The van der Waals surface area contributed by atoms with E-state index in [0.717, 1.165) is 5.69 Å². The molecule has 2 aromatic rings. The summed E-state index contributed by atoms with van der Waals surface area (Å²) in [5.41, 5.74) is 0.801. The third kappa shape index (κ3) is 2.67. The topological polar surface area (TPSA) is 46.9 Å². The lowest BCUT2D eigenvalue weighted by Crippen LogP contribution is -2.18. The first kappa shape index (κ1) is 9.45. The van der Waals surface area contributed by atoms with E-state index in [1.54, 1.807) is 23.1 Å². The highest BCUT2D eigenvalue weighted by Crippen LogP contribution is 2.04. The molecule has 0 aliphatic carbocycles. The minimum Gasteiger partial charge on any atom is -0.324 e. The van der Waals surface area contributed by atoms with Gasteiger partial charge >= 0.3 is 0 Å². The number of anilines is 1. The Morgan fingerprint density at radius 1 is 1.27 bits per heavy atom. The van der Waals surface area contributed by atoms with E-state index in [9.17, 15) is 4.79 Å². The summed E-state index contributed by atoms with van der Waals surface area (Å²) in [4.78, 5) is 11.5. The molecule has 0 atom stereocenters. The largest absolute Gasteiger partial charge is 0.324 e. The van der Waals surface area contributed by atoms with E-state index in [-0.39, 0.29) is 12.5 Å². The average Bonchev–Trinajstić information content (AvgIpc) is 2.71. The van der Waals surface area contributed by atoms with Gasteiger partial charge < -0.3 is 5.32 Å². The number of aromatic nitrogens is 2. The first-order valence-electron chi connectivity index (χ1n) is 4.67. The average molecular weight is 201 g/mol. The predicted octanol–water partition coefficient (Wildman–Crippen LogP) is 1.52. The van der Waals surface area contributed by atoms with Gasteiger partial charge in [-0.25, -0.2) is 0 Å². The maximum Gasteiger partial charge on any atom is 0.246 e. The van der Waals surface area contributed by atoms with Crippen molar-refractivity contribution in [2.75, 3.05) is 5.32 Å². The molecule has 0 fully saturated rings. The van der Waals surface area contributed by atoms with Crippen LogP contribution in [0.2, 0.25) is 0 Å². The normalized spacial score (nSPS) is 9.87. The fourth-order valence-corrected chi connectivity index (χ4v) is 1.26. The van der Waals surface area contributed by atoms with Crippen LogP contribution in [0.4, 0.5) is 5.69 Å². The van der Waals surface area contributed by atoms with Crippen molar-refractivity contribution in [2.24, 2.45) is 0 Å². The second-order valence-electron chi connectivity index (χ2n) is 3.12. The van der Waals surface area contributed by atoms with Gasteiger partial charge in [-0.15, -0.1) is 0 Å². The molecule has 0 bridgehead atoms. The van der Waals surface area contributed by atoms with Crippen LogP contribution >= 0.6 is 0 Å². The van der Waals surface area contributed by atoms with Gasteiger partial charge in [-0.2, -0.15) is 5.10 Å². The molecule has 2 rings (SSSR count). The van der Waals surface area contributed by atoms with Crippen molar-refractivity contribution in [1.29, 1.82) is 0 Å². The molecule has 4 nitrogen and oxygen atoms in total. The maximum absolute atomic E-state index is 11.5. The lowest BCUT2D eigenvalue weighted by molar-refractivity contribution is -0.116. The van der Waals surface area contributed by atoms with Crippen LogP contribution in [0.1, 0.15) is 0 Å². The molecular weight excluding hydrogens is 190 g/mol. The molecule has 0 spiro atoms. The number of hydrogen-bond acceptors (Lipinski definition) is 2. The molecule has 1 heterocycles. The molecule has 0 saturated heterocycles. The minimum atomic E-state index is -0.0788. The molecule has 0 aliphatic heterocycles. The van der Waals surface area contributed by atoms with Crippen molar-refractivity contribution in [3.8, 4) is 0 Å². The number of nitrogens with one attached hydrogen (secondary N) is 1. The van der Waals surface area contributed by atoms with Crippen molar-refractivity contribution in [3.63, 3.8) is 0 Å². The van der Waals surface area contributed by atoms with Crippen LogP contribution in [0.15, 0.2) is 48.8 Å². The number of nitrogens with zero attached hydrogens (tertiary/aromatic N) is 2. The summed E-state index contributed by atoms with van der Waals surface area (Å²) in [5.74, 6) is -0.0788. The van der Waals surface area contributed by atoms with Gasteiger partial charge in [0.25, 0.3) is 0 Å². The fraction of sp³-hybridized carbons (Fsp3) is 0.0909. The zero-order valence-electron chi connectivity index (χ0n) is 8.13. The van der Waals surface area contributed by atoms with Crippen LogP contribution in [-0.4, -0.2) is 15.7 Å². The van der Waals surface area contributed by atoms with Crippen molar-refractivity contribution in [2.45, 2.75) is 6.54 Å². The molecule has 1 aromatic carbocycles. The summed E-state index contributed by atoms with van der Waals surface area (Å²) in [7, 11) is 0. The van der Waals surface area contributed by atoms with E-state index in [4.69, 9.17) is 0 Å².